The molecule has 0 atom stereocenters. The van der Waals surface area contributed by atoms with Gasteiger partial charge in [-0.05, 0) is 36.4 Å². The predicted molar refractivity (Wildman–Crippen MR) is 74.7 cm³/mol. The molecule has 0 aliphatic heterocycles. The van der Waals surface area contributed by atoms with Crippen LogP contribution >= 0.6 is 11.3 Å². The molecule has 2 heterocycles. The van der Waals surface area contributed by atoms with Crippen LogP contribution in [0, 0.1) is 0 Å². The molecule has 0 spiro atoms. The Morgan fingerprint density at radius 2 is 2.32 bits per heavy atom. The average molecular weight is 274 g/mol. The molecule has 5 heteroatoms. The number of hydrogen-bond donors (Lipinski definition) is 1. The summed E-state index contributed by atoms with van der Waals surface area (Å²) in [6, 6.07) is 8.23. The Hall–Kier alpha value is -1.88. The molecule has 2 aromatic heterocycles. The highest BCUT2D eigenvalue weighted by atomic mass is 32.1. The highest BCUT2D eigenvalue weighted by molar-refractivity contribution is 7.09. The van der Waals surface area contributed by atoms with Gasteiger partial charge in [-0.3, -0.25) is 0 Å². The van der Waals surface area contributed by atoms with Gasteiger partial charge in [-0.25, -0.2) is 9.78 Å². The molecule has 2 aromatic rings. The van der Waals surface area contributed by atoms with Gasteiger partial charge >= 0.3 is 5.97 Å². The first-order valence-electron chi connectivity index (χ1n) is 6.22. The van der Waals surface area contributed by atoms with Crippen molar-refractivity contribution >= 4 is 23.0 Å². The second-order valence-electron chi connectivity index (χ2n) is 4.64. The molecule has 1 aliphatic rings. The van der Waals surface area contributed by atoms with Crippen LogP contribution in [0.15, 0.2) is 35.8 Å². The SMILES string of the molecule is O=C(O)c1cc(N(Cc2cccs2)C2CC2)ccn1. The van der Waals surface area contributed by atoms with Crippen LogP contribution in [0.2, 0.25) is 0 Å². The van der Waals surface area contributed by atoms with E-state index in [1.54, 1.807) is 23.6 Å². The molecule has 98 valence electrons. The minimum absolute atomic E-state index is 0.106. The van der Waals surface area contributed by atoms with Gasteiger partial charge in [0.15, 0.2) is 0 Å². The number of rotatable bonds is 5. The van der Waals surface area contributed by atoms with Gasteiger partial charge in [0, 0.05) is 22.8 Å². The molecule has 0 aromatic carbocycles. The van der Waals surface area contributed by atoms with E-state index in [2.05, 4.69) is 21.3 Å². The van der Waals surface area contributed by atoms with E-state index < -0.39 is 5.97 Å². The minimum atomic E-state index is -0.978. The quantitative estimate of drug-likeness (QED) is 0.910. The fourth-order valence-corrected chi connectivity index (χ4v) is 2.81. The Kier molecular flexibility index (Phi) is 3.21. The maximum atomic E-state index is 11.0. The van der Waals surface area contributed by atoms with Crippen molar-refractivity contribution in [3.63, 3.8) is 0 Å². The van der Waals surface area contributed by atoms with Crippen molar-refractivity contribution in [1.82, 2.24) is 4.98 Å². The number of aromatic nitrogens is 1. The van der Waals surface area contributed by atoms with E-state index in [4.69, 9.17) is 5.11 Å². The van der Waals surface area contributed by atoms with Gasteiger partial charge in [0.2, 0.25) is 0 Å². The Balaban J connectivity index is 1.87. The van der Waals surface area contributed by atoms with Gasteiger partial charge in [-0.1, -0.05) is 6.07 Å². The Labute approximate surface area is 115 Å². The summed E-state index contributed by atoms with van der Waals surface area (Å²) in [7, 11) is 0. The molecular weight excluding hydrogens is 260 g/mol. The van der Waals surface area contributed by atoms with E-state index in [0.29, 0.717) is 6.04 Å². The summed E-state index contributed by atoms with van der Waals surface area (Å²) in [5, 5.41) is 11.1. The largest absolute Gasteiger partial charge is 0.477 e. The van der Waals surface area contributed by atoms with Crippen molar-refractivity contribution in [2.45, 2.75) is 25.4 Å². The number of carboxylic acids is 1. The van der Waals surface area contributed by atoms with Gasteiger partial charge < -0.3 is 10.0 Å². The number of anilines is 1. The second-order valence-corrected chi connectivity index (χ2v) is 5.68. The molecular formula is C14H14N2O2S. The number of nitrogens with zero attached hydrogens (tertiary/aromatic N) is 2. The normalized spacial score (nSPS) is 14.3. The van der Waals surface area contributed by atoms with Gasteiger partial charge in [-0.15, -0.1) is 11.3 Å². The lowest BCUT2D eigenvalue weighted by Crippen LogP contribution is -2.24. The molecule has 4 nitrogen and oxygen atoms in total. The highest BCUT2D eigenvalue weighted by Crippen LogP contribution is 2.33. The molecule has 0 bridgehead atoms. The van der Waals surface area contributed by atoms with E-state index in [0.717, 1.165) is 12.2 Å². The third-order valence-corrected chi connectivity index (χ3v) is 4.05. The van der Waals surface area contributed by atoms with Crippen molar-refractivity contribution in [3.05, 3.63) is 46.4 Å². The van der Waals surface area contributed by atoms with Crippen molar-refractivity contribution in [2.75, 3.05) is 4.90 Å². The molecule has 1 N–H and O–H groups in total. The van der Waals surface area contributed by atoms with E-state index >= 15 is 0 Å². The van der Waals surface area contributed by atoms with Crippen LogP contribution in [0.25, 0.3) is 0 Å². The summed E-state index contributed by atoms with van der Waals surface area (Å²) in [6.07, 6.45) is 3.93. The van der Waals surface area contributed by atoms with Gasteiger partial charge in [0.05, 0.1) is 6.54 Å². The predicted octanol–water partition coefficient (Wildman–Crippen LogP) is 3.01. The van der Waals surface area contributed by atoms with Crippen LogP contribution < -0.4 is 4.90 Å². The first-order valence-corrected chi connectivity index (χ1v) is 7.10. The minimum Gasteiger partial charge on any atom is -0.477 e. The summed E-state index contributed by atoms with van der Waals surface area (Å²) in [4.78, 5) is 18.4. The van der Waals surface area contributed by atoms with Crippen LogP contribution in [-0.4, -0.2) is 22.1 Å². The van der Waals surface area contributed by atoms with Crippen LogP contribution in [0.1, 0.15) is 28.2 Å². The van der Waals surface area contributed by atoms with Crippen LogP contribution in [0.3, 0.4) is 0 Å². The van der Waals surface area contributed by atoms with Crippen LogP contribution in [0.5, 0.6) is 0 Å². The molecule has 3 rings (SSSR count). The molecule has 1 aliphatic carbocycles. The van der Waals surface area contributed by atoms with Crippen molar-refractivity contribution < 1.29 is 9.90 Å². The monoisotopic (exact) mass is 274 g/mol. The topological polar surface area (TPSA) is 53.4 Å². The van der Waals surface area contributed by atoms with Crippen molar-refractivity contribution in [2.24, 2.45) is 0 Å². The molecule has 0 amide bonds. The van der Waals surface area contributed by atoms with Crippen LogP contribution in [0.4, 0.5) is 5.69 Å². The van der Waals surface area contributed by atoms with Gasteiger partial charge in [0.25, 0.3) is 0 Å². The number of carboxylic acid groups (broad SMARTS) is 1. The lowest BCUT2D eigenvalue weighted by Gasteiger charge is -2.24. The first kappa shape index (κ1) is 12.2. The molecule has 1 saturated carbocycles. The summed E-state index contributed by atoms with van der Waals surface area (Å²) in [5.74, 6) is -0.978. The number of carbonyl (C=O) groups is 1. The van der Waals surface area contributed by atoms with E-state index in [1.807, 2.05) is 12.1 Å². The smallest absolute Gasteiger partial charge is 0.354 e. The fourth-order valence-electron chi connectivity index (χ4n) is 2.10. The second kappa shape index (κ2) is 5.01. The van der Waals surface area contributed by atoms with Crippen LogP contribution in [-0.2, 0) is 6.54 Å². The van der Waals surface area contributed by atoms with E-state index in [1.165, 1.54) is 17.7 Å². The summed E-state index contributed by atoms with van der Waals surface area (Å²) >= 11 is 1.73. The lowest BCUT2D eigenvalue weighted by atomic mass is 10.2. The standard InChI is InChI=1S/C14H14N2O2S/c17-14(18)13-8-11(5-6-15-13)16(10-3-4-10)9-12-2-1-7-19-12/h1-2,5-8,10H,3-4,9H2,(H,17,18). The molecule has 0 radical (unpaired) electrons. The maximum Gasteiger partial charge on any atom is 0.354 e. The van der Waals surface area contributed by atoms with Gasteiger partial charge in [-0.2, -0.15) is 0 Å². The molecule has 19 heavy (non-hydrogen) atoms. The van der Waals surface area contributed by atoms with Crippen molar-refractivity contribution in [1.29, 1.82) is 0 Å². The summed E-state index contributed by atoms with van der Waals surface area (Å²) < 4.78 is 0. The molecule has 0 unspecified atom stereocenters. The fraction of sp³-hybridized carbons (Fsp3) is 0.286. The third kappa shape index (κ3) is 2.76. The van der Waals surface area contributed by atoms with Gasteiger partial charge in [0.1, 0.15) is 5.69 Å². The average Bonchev–Trinajstić information content (AvgIpc) is 3.13. The number of pyridine rings is 1. The van der Waals surface area contributed by atoms with E-state index in [9.17, 15) is 4.79 Å². The lowest BCUT2D eigenvalue weighted by molar-refractivity contribution is 0.0690. The number of hydrogen-bond acceptors (Lipinski definition) is 4. The Bertz CT molecular complexity index is 579. The zero-order valence-electron chi connectivity index (χ0n) is 10.3. The Morgan fingerprint density at radius 3 is 2.95 bits per heavy atom. The number of aromatic carboxylic acids is 1. The first-order chi connectivity index (χ1) is 9.24. The molecule has 0 saturated heterocycles. The van der Waals surface area contributed by atoms with Crippen molar-refractivity contribution in [3.8, 4) is 0 Å². The maximum absolute atomic E-state index is 11.0. The highest BCUT2D eigenvalue weighted by Gasteiger charge is 2.29. The number of thiophene rings is 1. The van der Waals surface area contributed by atoms with E-state index in [-0.39, 0.29) is 5.69 Å². The zero-order valence-corrected chi connectivity index (χ0v) is 11.1. The summed E-state index contributed by atoms with van der Waals surface area (Å²) in [6.45, 7) is 0.839. The summed E-state index contributed by atoms with van der Waals surface area (Å²) in [5.41, 5.74) is 1.05. The zero-order chi connectivity index (χ0) is 13.2. The third-order valence-electron chi connectivity index (χ3n) is 3.19. The Morgan fingerprint density at radius 1 is 1.47 bits per heavy atom. The molecule has 1 fully saturated rings.